The first-order chi connectivity index (χ1) is 9.49. The quantitative estimate of drug-likeness (QED) is 0.877. The van der Waals surface area contributed by atoms with E-state index in [1.165, 1.54) is 26.4 Å². The molecule has 0 aromatic heterocycles. The number of hydrogen-bond acceptors (Lipinski definition) is 4. The monoisotopic (exact) mass is 294 g/mol. The van der Waals surface area contributed by atoms with E-state index in [2.05, 4.69) is 0 Å². The molecule has 2 aromatic rings. The van der Waals surface area contributed by atoms with Gasteiger partial charge in [-0.25, -0.2) is 0 Å². The second kappa shape index (κ2) is 5.52. The minimum atomic E-state index is -4.37. The molecule has 0 aliphatic rings. The Morgan fingerprint density at radius 3 is 2.10 bits per heavy atom. The van der Waals surface area contributed by atoms with Crippen molar-refractivity contribution in [3.8, 4) is 22.6 Å². The van der Waals surface area contributed by atoms with E-state index in [0.717, 1.165) is 0 Å². The van der Waals surface area contributed by atoms with Crippen LogP contribution in [0.25, 0.3) is 11.1 Å². The maximum absolute atomic E-state index is 11.6. The molecule has 0 unspecified atom stereocenters. The van der Waals surface area contributed by atoms with Crippen molar-refractivity contribution >= 4 is 10.1 Å². The Bertz CT molecular complexity index is 708. The van der Waals surface area contributed by atoms with Crippen molar-refractivity contribution in [2.75, 3.05) is 14.2 Å². The third-order valence-electron chi connectivity index (χ3n) is 2.85. The standard InChI is InChI=1S/C14H14O5S/c1-18-11-8-9-12(20(15,16)17)13(14(11)19-2)10-6-4-3-5-7-10/h3-9H,1-2H3,(H,15,16,17). The largest absolute Gasteiger partial charge is 0.493 e. The van der Waals surface area contributed by atoms with Crippen molar-refractivity contribution in [2.45, 2.75) is 4.90 Å². The van der Waals surface area contributed by atoms with Crippen LogP contribution in [0.2, 0.25) is 0 Å². The third kappa shape index (κ3) is 2.61. The lowest BCUT2D eigenvalue weighted by molar-refractivity contribution is 0.355. The van der Waals surface area contributed by atoms with Gasteiger partial charge < -0.3 is 9.47 Å². The second-order valence-electron chi connectivity index (χ2n) is 4.02. The van der Waals surface area contributed by atoms with Gasteiger partial charge >= 0.3 is 0 Å². The molecule has 0 amide bonds. The SMILES string of the molecule is COc1ccc(S(=O)(=O)O)c(-c2ccccc2)c1OC. The van der Waals surface area contributed by atoms with E-state index in [-0.39, 0.29) is 16.2 Å². The minimum Gasteiger partial charge on any atom is -0.493 e. The van der Waals surface area contributed by atoms with Gasteiger partial charge in [0.15, 0.2) is 11.5 Å². The molecule has 0 saturated heterocycles. The first-order valence-electron chi connectivity index (χ1n) is 5.77. The van der Waals surface area contributed by atoms with Crippen LogP contribution in [0.1, 0.15) is 0 Å². The summed E-state index contributed by atoms with van der Waals surface area (Å²) in [5.74, 6) is 0.646. The molecular weight excluding hydrogens is 280 g/mol. The van der Waals surface area contributed by atoms with Crippen LogP contribution in [-0.4, -0.2) is 27.2 Å². The van der Waals surface area contributed by atoms with Gasteiger partial charge in [-0.1, -0.05) is 30.3 Å². The molecule has 0 radical (unpaired) electrons. The lowest BCUT2D eigenvalue weighted by Crippen LogP contribution is -2.04. The van der Waals surface area contributed by atoms with Gasteiger partial charge in [0.2, 0.25) is 0 Å². The highest BCUT2D eigenvalue weighted by Gasteiger charge is 2.23. The number of benzene rings is 2. The Morgan fingerprint density at radius 1 is 0.950 bits per heavy atom. The van der Waals surface area contributed by atoms with Crippen molar-refractivity contribution in [3.63, 3.8) is 0 Å². The molecule has 0 aliphatic carbocycles. The lowest BCUT2D eigenvalue weighted by Gasteiger charge is -2.15. The van der Waals surface area contributed by atoms with E-state index in [9.17, 15) is 13.0 Å². The summed E-state index contributed by atoms with van der Waals surface area (Å²) >= 11 is 0. The molecule has 2 rings (SSSR count). The van der Waals surface area contributed by atoms with E-state index in [4.69, 9.17) is 9.47 Å². The van der Waals surface area contributed by atoms with Crippen LogP contribution in [0, 0.1) is 0 Å². The molecule has 0 saturated carbocycles. The fourth-order valence-electron chi connectivity index (χ4n) is 2.00. The van der Waals surface area contributed by atoms with E-state index in [1.807, 2.05) is 6.07 Å². The summed E-state index contributed by atoms with van der Waals surface area (Å²) in [6, 6.07) is 11.5. The molecule has 0 atom stereocenters. The average molecular weight is 294 g/mol. The second-order valence-corrected chi connectivity index (χ2v) is 5.41. The fraction of sp³-hybridized carbons (Fsp3) is 0.143. The Hall–Kier alpha value is -2.05. The van der Waals surface area contributed by atoms with Crippen molar-refractivity contribution in [3.05, 3.63) is 42.5 Å². The fourth-order valence-corrected chi connectivity index (χ4v) is 2.71. The normalized spacial score (nSPS) is 11.2. The summed E-state index contributed by atoms with van der Waals surface area (Å²) in [4.78, 5) is -0.221. The van der Waals surface area contributed by atoms with Crippen LogP contribution in [0.5, 0.6) is 11.5 Å². The van der Waals surface area contributed by atoms with Gasteiger partial charge in [0.05, 0.1) is 14.2 Å². The molecule has 6 heteroatoms. The summed E-state index contributed by atoms with van der Waals surface area (Å²) in [7, 11) is -1.50. The van der Waals surface area contributed by atoms with Crippen LogP contribution in [0.15, 0.2) is 47.4 Å². The maximum Gasteiger partial charge on any atom is 0.295 e. The average Bonchev–Trinajstić information content (AvgIpc) is 2.45. The number of ether oxygens (including phenoxy) is 2. The summed E-state index contributed by atoms with van der Waals surface area (Å²) < 4.78 is 42.9. The predicted molar refractivity (Wildman–Crippen MR) is 74.8 cm³/mol. The van der Waals surface area contributed by atoms with Crippen molar-refractivity contribution in [1.29, 1.82) is 0 Å². The molecule has 0 bridgehead atoms. The summed E-state index contributed by atoms with van der Waals surface area (Å²) in [6.45, 7) is 0. The van der Waals surface area contributed by atoms with Gasteiger partial charge in [-0.15, -0.1) is 0 Å². The zero-order chi connectivity index (χ0) is 14.8. The zero-order valence-corrected chi connectivity index (χ0v) is 11.8. The topological polar surface area (TPSA) is 72.8 Å². The minimum absolute atomic E-state index is 0.221. The van der Waals surface area contributed by atoms with Crippen LogP contribution in [0.4, 0.5) is 0 Å². The summed E-state index contributed by atoms with van der Waals surface area (Å²) in [5, 5.41) is 0. The molecule has 5 nitrogen and oxygen atoms in total. The van der Waals surface area contributed by atoms with Gasteiger partial charge in [0, 0.05) is 5.56 Å². The molecule has 0 fully saturated rings. The molecule has 2 aromatic carbocycles. The smallest absolute Gasteiger partial charge is 0.295 e. The Labute approximate surface area is 117 Å². The summed E-state index contributed by atoms with van der Waals surface area (Å²) in [6.07, 6.45) is 0. The van der Waals surface area contributed by atoms with E-state index in [0.29, 0.717) is 11.3 Å². The number of methoxy groups -OCH3 is 2. The van der Waals surface area contributed by atoms with Crippen LogP contribution in [-0.2, 0) is 10.1 Å². The molecule has 106 valence electrons. The summed E-state index contributed by atoms with van der Waals surface area (Å²) in [5.41, 5.74) is 0.880. The molecule has 0 heterocycles. The highest BCUT2D eigenvalue weighted by Crippen LogP contribution is 2.42. The van der Waals surface area contributed by atoms with Crippen LogP contribution >= 0.6 is 0 Å². The van der Waals surface area contributed by atoms with Gasteiger partial charge in [0.1, 0.15) is 4.90 Å². The Balaban J connectivity index is 2.86. The number of hydrogen-bond donors (Lipinski definition) is 1. The maximum atomic E-state index is 11.6. The van der Waals surface area contributed by atoms with Crippen molar-refractivity contribution in [1.82, 2.24) is 0 Å². The van der Waals surface area contributed by atoms with Gasteiger partial charge in [-0.2, -0.15) is 8.42 Å². The van der Waals surface area contributed by atoms with E-state index in [1.54, 1.807) is 24.3 Å². The van der Waals surface area contributed by atoms with Gasteiger partial charge in [-0.3, -0.25) is 4.55 Å². The molecule has 1 N–H and O–H groups in total. The van der Waals surface area contributed by atoms with Gasteiger partial charge in [-0.05, 0) is 17.7 Å². The molecular formula is C14H14O5S. The van der Waals surface area contributed by atoms with Crippen molar-refractivity contribution < 1.29 is 22.4 Å². The highest BCUT2D eigenvalue weighted by atomic mass is 32.2. The van der Waals surface area contributed by atoms with E-state index >= 15 is 0 Å². The molecule has 20 heavy (non-hydrogen) atoms. The van der Waals surface area contributed by atoms with Crippen molar-refractivity contribution in [2.24, 2.45) is 0 Å². The van der Waals surface area contributed by atoms with Crippen LogP contribution < -0.4 is 9.47 Å². The highest BCUT2D eigenvalue weighted by molar-refractivity contribution is 7.86. The third-order valence-corrected chi connectivity index (χ3v) is 3.74. The van der Waals surface area contributed by atoms with E-state index < -0.39 is 10.1 Å². The first kappa shape index (κ1) is 14.4. The molecule has 0 aliphatic heterocycles. The lowest BCUT2D eigenvalue weighted by atomic mass is 10.0. The van der Waals surface area contributed by atoms with Crippen LogP contribution in [0.3, 0.4) is 0 Å². The Kier molecular flexibility index (Phi) is 3.96. The zero-order valence-electron chi connectivity index (χ0n) is 11.0. The molecule has 0 spiro atoms. The van der Waals surface area contributed by atoms with Gasteiger partial charge in [0.25, 0.3) is 10.1 Å². The number of rotatable bonds is 4. The first-order valence-corrected chi connectivity index (χ1v) is 7.21. The predicted octanol–water partition coefficient (Wildman–Crippen LogP) is 2.62. The Morgan fingerprint density at radius 2 is 1.60 bits per heavy atom.